The summed E-state index contributed by atoms with van der Waals surface area (Å²) in [5, 5.41) is 17.7. The maximum absolute atomic E-state index is 12.3. The summed E-state index contributed by atoms with van der Waals surface area (Å²) in [6.45, 7) is 0. The van der Waals surface area contributed by atoms with Gasteiger partial charge in [-0.3, -0.25) is 14.9 Å². The molecule has 3 aromatic carbocycles. The monoisotopic (exact) mass is 488 g/mol. The van der Waals surface area contributed by atoms with Crippen LogP contribution in [0.3, 0.4) is 0 Å². The lowest BCUT2D eigenvalue weighted by Gasteiger charge is -2.05. The molecule has 5 aromatic rings. The van der Waals surface area contributed by atoms with Gasteiger partial charge in [-0.15, -0.1) is 11.3 Å². The molecule has 0 aliphatic rings. The van der Waals surface area contributed by atoms with Crippen molar-refractivity contribution in [2.45, 2.75) is 15.9 Å². The van der Waals surface area contributed by atoms with E-state index >= 15 is 0 Å². The normalized spacial score (nSPS) is 11.4. The van der Waals surface area contributed by atoms with Crippen molar-refractivity contribution in [1.29, 1.82) is 0 Å². The molecule has 8 nitrogen and oxygen atoms in total. The van der Waals surface area contributed by atoms with Crippen LogP contribution in [0.4, 0.5) is 5.69 Å². The van der Waals surface area contributed by atoms with Crippen LogP contribution in [0.15, 0.2) is 91.7 Å². The fourth-order valence-electron chi connectivity index (χ4n) is 3.42. The van der Waals surface area contributed by atoms with Crippen LogP contribution < -0.4 is 5.43 Å². The first kappa shape index (κ1) is 21.8. The summed E-state index contributed by atoms with van der Waals surface area (Å²) < 4.78 is 7.16. The first-order valence-electron chi connectivity index (χ1n) is 10.2. The highest BCUT2D eigenvalue weighted by molar-refractivity contribution is 8.01. The Balaban J connectivity index is 1.20. The minimum atomic E-state index is -0.426. The second kappa shape index (κ2) is 9.46. The predicted molar refractivity (Wildman–Crippen MR) is 132 cm³/mol. The Labute approximate surface area is 201 Å². The van der Waals surface area contributed by atoms with Crippen molar-refractivity contribution < 1.29 is 14.1 Å². The number of hydrogen-bond acceptors (Lipinski definition) is 8. The molecule has 0 saturated carbocycles. The average Bonchev–Trinajstić information content (AvgIpc) is 3.45. The minimum absolute atomic E-state index is 0.0340. The lowest BCUT2D eigenvalue weighted by Crippen LogP contribution is -2.19. The van der Waals surface area contributed by atoms with Gasteiger partial charge in [0.2, 0.25) is 5.91 Å². The van der Waals surface area contributed by atoms with Gasteiger partial charge in [0.1, 0.15) is 5.76 Å². The summed E-state index contributed by atoms with van der Waals surface area (Å²) in [5.74, 6) is 0.252. The molecule has 2 aromatic heterocycles. The van der Waals surface area contributed by atoms with E-state index in [0.717, 1.165) is 21.0 Å². The number of nitrogens with zero attached hydrogens (tertiary/aromatic N) is 3. The van der Waals surface area contributed by atoms with E-state index in [-0.39, 0.29) is 18.0 Å². The molecule has 1 amide bonds. The van der Waals surface area contributed by atoms with Crippen LogP contribution in [0.2, 0.25) is 0 Å². The van der Waals surface area contributed by atoms with Gasteiger partial charge in [-0.2, -0.15) is 5.10 Å². The molecule has 0 radical (unpaired) electrons. The van der Waals surface area contributed by atoms with E-state index in [0.29, 0.717) is 20.7 Å². The molecule has 0 saturated heterocycles. The zero-order chi connectivity index (χ0) is 23.5. The minimum Gasteiger partial charge on any atom is -0.448 e. The number of thiazole rings is 1. The van der Waals surface area contributed by atoms with Crippen molar-refractivity contribution in [3.05, 3.63) is 94.2 Å². The molecule has 0 unspecified atom stereocenters. The Morgan fingerprint density at radius 1 is 1.15 bits per heavy atom. The molecule has 0 aliphatic heterocycles. The van der Waals surface area contributed by atoms with Crippen molar-refractivity contribution in [2.24, 2.45) is 5.10 Å². The molecule has 34 heavy (non-hydrogen) atoms. The summed E-state index contributed by atoms with van der Waals surface area (Å²) in [4.78, 5) is 27.3. The largest absolute Gasteiger partial charge is 0.448 e. The lowest BCUT2D eigenvalue weighted by molar-refractivity contribution is -0.384. The third-order valence-electron chi connectivity index (χ3n) is 4.97. The summed E-state index contributed by atoms with van der Waals surface area (Å²) in [7, 11) is 0. The molecule has 5 rings (SSSR count). The van der Waals surface area contributed by atoms with Crippen LogP contribution in [0, 0.1) is 10.1 Å². The van der Waals surface area contributed by atoms with Gasteiger partial charge < -0.3 is 4.42 Å². The topological polar surface area (TPSA) is 111 Å². The van der Waals surface area contributed by atoms with E-state index in [2.05, 4.69) is 15.5 Å². The number of nitrogens with one attached hydrogen (secondary N) is 1. The van der Waals surface area contributed by atoms with Gasteiger partial charge in [0.25, 0.3) is 5.69 Å². The third-order valence-corrected chi connectivity index (χ3v) is 6.96. The highest BCUT2D eigenvalue weighted by Gasteiger charge is 2.12. The van der Waals surface area contributed by atoms with E-state index in [1.165, 1.54) is 41.4 Å². The van der Waals surface area contributed by atoms with Crippen LogP contribution in [0.25, 0.3) is 21.0 Å². The quantitative estimate of drug-likeness (QED) is 0.176. The maximum atomic E-state index is 12.3. The standard InChI is InChI=1S/C24H16N4O4S2/c29-22(12-16-6-3-5-15-4-1-2-7-19(15)16)27-25-14-18-9-11-23(32-18)34-24-26-20-10-8-17(28(30)31)13-21(20)33-24/h1-11,13-14H,12H2,(H,27,29)/b25-14+. The number of benzene rings is 3. The average molecular weight is 489 g/mol. The van der Waals surface area contributed by atoms with Gasteiger partial charge in [-0.25, -0.2) is 10.4 Å². The Kier molecular flexibility index (Phi) is 6.07. The molecule has 0 aliphatic carbocycles. The van der Waals surface area contributed by atoms with Gasteiger partial charge in [0, 0.05) is 12.1 Å². The zero-order valence-electron chi connectivity index (χ0n) is 17.5. The number of carbonyl (C=O) groups is 1. The number of nitro benzene ring substituents is 1. The molecule has 10 heteroatoms. The number of nitro groups is 1. The smallest absolute Gasteiger partial charge is 0.270 e. The molecule has 168 valence electrons. The highest BCUT2D eigenvalue weighted by Crippen LogP contribution is 2.36. The molecule has 2 heterocycles. The van der Waals surface area contributed by atoms with Crippen molar-refractivity contribution in [3.63, 3.8) is 0 Å². The number of fused-ring (bicyclic) bond motifs is 2. The van der Waals surface area contributed by atoms with Crippen LogP contribution in [-0.2, 0) is 11.2 Å². The molecule has 1 N–H and O–H groups in total. The molecule has 0 fully saturated rings. The molecule has 0 bridgehead atoms. The highest BCUT2D eigenvalue weighted by atomic mass is 32.2. The summed E-state index contributed by atoms with van der Waals surface area (Å²) in [6, 6.07) is 21.9. The van der Waals surface area contributed by atoms with E-state index in [4.69, 9.17) is 4.42 Å². The van der Waals surface area contributed by atoms with Crippen LogP contribution in [-0.4, -0.2) is 22.0 Å². The number of non-ortho nitro benzene ring substituents is 1. The van der Waals surface area contributed by atoms with E-state index in [1.54, 1.807) is 18.2 Å². The fraction of sp³-hybridized carbons (Fsp3) is 0.0417. The lowest BCUT2D eigenvalue weighted by atomic mass is 10.0. The summed E-state index contributed by atoms with van der Waals surface area (Å²) in [5.41, 5.74) is 4.20. The van der Waals surface area contributed by atoms with Crippen molar-refractivity contribution in [1.82, 2.24) is 10.4 Å². The number of hydrazone groups is 1. The molecule has 0 spiro atoms. The number of carbonyl (C=O) groups excluding carboxylic acids is 1. The predicted octanol–water partition coefficient (Wildman–Crippen LogP) is 5.79. The van der Waals surface area contributed by atoms with Gasteiger partial charge in [-0.1, -0.05) is 42.5 Å². The van der Waals surface area contributed by atoms with Crippen LogP contribution >= 0.6 is 23.1 Å². The van der Waals surface area contributed by atoms with Crippen LogP contribution in [0.5, 0.6) is 0 Å². The number of aromatic nitrogens is 1. The van der Waals surface area contributed by atoms with Crippen molar-refractivity contribution in [2.75, 3.05) is 0 Å². The number of amides is 1. The SMILES string of the molecule is O=C(Cc1cccc2ccccc12)N/N=C/c1ccc(Sc2nc3ccc([N+](=O)[O-])cc3s2)o1. The molecular weight excluding hydrogens is 472 g/mol. The van der Waals surface area contributed by atoms with Gasteiger partial charge in [-0.05, 0) is 46.3 Å². The molecular formula is C24H16N4O4S2. The van der Waals surface area contributed by atoms with Gasteiger partial charge in [0.15, 0.2) is 9.43 Å². The first-order chi connectivity index (χ1) is 16.5. The summed E-state index contributed by atoms with van der Waals surface area (Å²) >= 11 is 2.67. The Hall–Kier alpha value is -4.02. The summed E-state index contributed by atoms with van der Waals surface area (Å²) in [6.07, 6.45) is 1.65. The van der Waals surface area contributed by atoms with Gasteiger partial charge >= 0.3 is 0 Å². The fourth-order valence-corrected chi connectivity index (χ4v) is 5.42. The van der Waals surface area contributed by atoms with Crippen LogP contribution in [0.1, 0.15) is 11.3 Å². The maximum Gasteiger partial charge on any atom is 0.270 e. The second-order valence-corrected chi connectivity index (χ2v) is 9.54. The number of hydrogen-bond donors (Lipinski definition) is 1. The zero-order valence-corrected chi connectivity index (χ0v) is 19.1. The van der Waals surface area contributed by atoms with E-state index in [1.807, 2.05) is 42.5 Å². The second-order valence-electron chi connectivity index (χ2n) is 7.26. The molecule has 0 atom stereocenters. The van der Waals surface area contributed by atoms with E-state index < -0.39 is 4.92 Å². The third kappa shape index (κ3) is 4.82. The van der Waals surface area contributed by atoms with Crippen molar-refractivity contribution >= 4 is 61.9 Å². The van der Waals surface area contributed by atoms with Gasteiger partial charge in [0.05, 0.1) is 27.8 Å². The Morgan fingerprint density at radius 2 is 2.00 bits per heavy atom. The van der Waals surface area contributed by atoms with E-state index in [9.17, 15) is 14.9 Å². The first-order valence-corrected chi connectivity index (χ1v) is 11.8. The number of furan rings is 1. The Morgan fingerprint density at radius 3 is 2.88 bits per heavy atom. The Bertz CT molecular complexity index is 1550. The van der Waals surface area contributed by atoms with Crippen molar-refractivity contribution in [3.8, 4) is 0 Å². The number of rotatable bonds is 7.